The Labute approximate surface area is 349 Å². The van der Waals surface area contributed by atoms with E-state index in [0.29, 0.717) is 38.5 Å². The minimum absolute atomic E-state index is 0.111. The summed E-state index contributed by atoms with van der Waals surface area (Å²) in [4.78, 5) is 72.6. The third-order valence-corrected chi connectivity index (χ3v) is 12.8. The topological polar surface area (TPSA) is 184 Å². The molecule has 0 bridgehead atoms. The maximum Gasteiger partial charge on any atom is 0.407 e. The summed E-state index contributed by atoms with van der Waals surface area (Å²) in [5.41, 5.74) is 4.98. The van der Waals surface area contributed by atoms with Crippen LogP contribution in [0.1, 0.15) is 94.7 Å². The Balaban J connectivity index is 0.969. The van der Waals surface area contributed by atoms with Gasteiger partial charge in [-0.3, -0.25) is 9.59 Å². The average molecular weight is 819 g/mol. The zero-order valence-electron chi connectivity index (χ0n) is 35.1. The van der Waals surface area contributed by atoms with Gasteiger partial charge in [-0.15, -0.1) is 0 Å². The first-order valence-corrected chi connectivity index (χ1v) is 20.8. The van der Waals surface area contributed by atoms with Gasteiger partial charge in [0.25, 0.3) is 0 Å². The number of aromatic amines is 2. The highest BCUT2D eigenvalue weighted by atomic mass is 16.5. The number of hydrogen-bond acceptors (Lipinski definition) is 9. The predicted octanol–water partition coefficient (Wildman–Crippen LogP) is 5.85. The van der Waals surface area contributed by atoms with Crippen LogP contribution in [-0.2, 0) is 23.8 Å². The van der Waals surface area contributed by atoms with Gasteiger partial charge in [-0.2, -0.15) is 0 Å². The van der Waals surface area contributed by atoms with Gasteiger partial charge in [-0.1, -0.05) is 51.7 Å². The van der Waals surface area contributed by atoms with Crippen LogP contribution in [0.5, 0.6) is 0 Å². The maximum absolute atomic E-state index is 14.1. The van der Waals surface area contributed by atoms with Gasteiger partial charge in [0.2, 0.25) is 11.8 Å². The number of nitrogens with zero attached hydrogens (tertiary/aromatic N) is 4. The lowest BCUT2D eigenvalue weighted by molar-refractivity contribution is -0.136. The van der Waals surface area contributed by atoms with Crippen LogP contribution in [0.3, 0.4) is 0 Å². The Hall–Kier alpha value is -5.88. The molecule has 316 valence electrons. The van der Waals surface area contributed by atoms with E-state index in [-0.39, 0.29) is 46.6 Å². The largest absolute Gasteiger partial charge is 0.453 e. The van der Waals surface area contributed by atoms with E-state index in [0.717, 1.165) is 64.9 Å². The Morgan fingerprint density at radius 3 is 1.95 bits per heavy atom. The fourth-order valence-corrected chi connectivity index (χ4v) is 9.09. The van der Waals surface area contributed by atoms with E-state index in [1.165, 1.54) is 14.2 Å². The summed E-state index contributed by atoms with van der Waals surface area (Å²) in [6.07, 6.45) is 5.09. The molecule has 3 aliphatic heterocycles. The summed E-state index contributed by atoms with van der Waals surface area (Å²) >= 11 is 0. The fraction of sp³-hybridized carbons (Fsp3) is 0.511. The molecule has 2 spiro atoms. The van der Waals surface area contributed by atoms with Gasteiger partial charge in [0.05, 0.1) is 55.8 Å². The molecule has 2 aromatic heterocycles. The first-order valence-electron chi connectivity index (χ1n) is 20.8. The Kier molecular flexibility index (Phi) is 11.1. The number of imidazole rings is 2. The molecule has 4 fully saturated rings. The molecule has 4 amide bonds. The van der Waals surface area contributed by atoms with E-state index in [2.05, 4.69) is 32.4 Å². The van der Waals surface area contributed by atoms with Crippen molar-refractivity contribution >= 4 is 35.0 Å². The normalized spacial score (nSPS) is 22.6. The summed E-state index contributed by atoms with van der Waals surface area (Å²) in [5, 5.41) is 5.48. The van der Waals surface area contributed by atoms with Crippen molar-refractivity contribution in [1.29, 1.82) is 0 Å². The van der Waals surface area contributed by atoms with E-state index in [4.69, 9.17) is 24.2 Å². The summed E-state index contributed by atoms with van der Waals surface area (Å²) in [6.45, 7) is 10.0. The van der Waals surface area contributed by atoms with Gasteiger partial charge >= 0.3 is 12.2 Å². The van der Waals surface area contributed by atoms with Gasteiger partial charge in [-0.25, -0.2) is 19.6 Å². The van der Waals surface area contributed by atoms with Crippen molar-refractivity contribution in [3.63, 3.8) is 0 Å². The number of nitrogens with one attached hydrogen (secondary N) is 4. The second-order valence-corrected chi connectivity index (χ2v) is 17.8. The van der Waals surface area contributed by atoms with Crippen molar-refractivity contribution in [2.24, 2.45) is 22.7 Å². The zero-order valence-corrected chi connectivity index (χ0v) is 35.1. The van der Waals surface area contributed by atoms with E-state index in [9.17, 15) is 19.2 Å². The Morgan fingerprint density at radius 1 is 0.783 bits per heavy atom. The van der Waals surface area contributed by atoms with Gasteiger partial charge in [0, 0.05) is 36.2 Å². The van der Waals surface area contributed by atoms with Crippen LogP contribution in [0.25, 0.3) is 22.3 Å². The molecule has 5 atom stereocenters. The molecule has 1 aliphatic carbocycles. The molecule has 3 saturated heterocycles. The quantitative estimate of drug-likeness (QED) is 0.151. The second-order valence-electron chi connectivity index (χ2n) is 17.8. The number of aromatic nitrogens is 4. The minimum atomic E-state index is -0.744. The summed E-state index contributed by atoms with van der Waals surface area (Å²) < 4.78 is 15.4. The molecule has 15 heteroatoms. The van der Waals surface area contributed by atoms with Gasteiger partial charge in [-0.05, 0) is 85.3 Å². The van der Waals surface area contributed by atoms with E-state index in [1.54, 1.807) is 6.20 Å². The number of fused-ring (bicyclic) bond motifs is 1. The standard InChI is InChI=1S/C45H54N8O7/c1-26(2)36(50-42(56)58-5)40(54)52-23-44(15-16-44)20-34(52)38-46-22-33(49-38)30-12-9-28(10-13-30)7-8-29-11-14-31-32(19-29)48-39(47-31)35-21-45(17-18-60-25-45)24-53(35)41(55)37(27(3)4)51-43(57)59-6/h9-14,19,22,26-27,34-37H,15-18,20-21,23-25H2,1-6H3,(H,46,49)(H,47,48)(H,50,56)(H,51,57)/t34-,35-,36-,37-,45+/m0/s1. The number of carbonyl (C=O) groups excluding carboxylic acids is 4. The number of methoxy groups -OCH3 is 2. The van der Waals surface area contributed by atoms with Crippen molar-refractivity contribution < 1.29 is 33.4 Å². The third kappa shape index (κ3) is 8.17. The van der Waals surface area contributed by atoms with Crippen LogP contribution >= 0.6 is 0 Å². The van der Waals surface area contributed by atoms with Crippen molar-refractivity contribution in [1.82, 2.24) is 40.4 Å². The van der Waals surface area contributed by atoms with Gasteiger partial charge in [0.15, 0.2) is 0 Å². The first-order chi connectivity index (χ1) is 28.8. The minimum Gasteiger partial charge on any atom is -0.453 e. The molecule has 2 aromatic carbocycles. The molecule has 15 nitrogen and oxygen atoms in total. The summed E-state index contributed by atoms with van der Waals surface area (Å²) in [7, 11) is 2.59. The number of H-pyrrole nitrogens is 2. The van der Waals surface area contributed by atoms with E-state index < -0.39 is 24.3 Å². The molecule has 60 heavy (non-hydrogen) atoms. The van der Waals surface area contributed by atoms with Crippen LogP contribution in [0.4, 0.5) is 9.59 Å². The highest BCUT2D eigenvalue weighted by molar-refractivity contribution is 5.87. The molecule has 0 radical (unpaired) electrons. The lowest BCUT2D eigenvalue weighted by Gasteiger charge is -2.30. The molecule has 4 aliphatic rings. The first kappa shape index (κ1) is 40.9. The molecule has 0 unspecified atom stereocenters. The highest BCUT2D eigenvalue weighted by Gasteiger charge is 2.55. The van der Waals surface area contributed by atoms with Crippen LogP contribution in [0, 0.1) is 34.5 Å². The van der Waals surface area contributed by atoms with Gasteiger partial charge < -0.3 is 44.6 Å². The number of alkyl carbamates (subject to hydrolysis) is 2. The lowest BCUT2D eigenvalue weighted by atomic mass is 9.85. The fourth-order valence-electron chi connectivity index (χ4n) is 9.09. The third-order valence-electron chi connectivity index (χ3n) is 12.8. The highest BCUT2D eigenvalue weighted by Crippen LogP contribution is 2.58. The molecule has 5 heterocycles. The summed E-state index contributed by atoms with van der Waals surface area (Å²) in [6, 6.07) is 11.8. The molecular formula is C45H54N8O7. The van der Waals surface area contributed by atoms with Gasteiger partial charge in [0.1, 0.15) is 23.7 Å². The van der Waals surface area contributed by atoms with Crippen LogP contribution in [0.2, 0.25) is 0 Å². The monoisotopic (exact) mass is 818 g/mol. The molecule has 1 saturated carbocycles. The second kappa shape index (κ2) is 16.3. The number of ether oxygens (including phenoxy) is 3. The number of likely N-dealkylation sites (tertiary alicyclic amines) is 2. The number of hydrogen-bond donors (Lipinski definition) is 4. The SMILES string of the molecule is COC(=O)N[C@H](C(=O)N1CC2(CC2)C[C@H]1c1ncc(-c2ccc(C#Cc3ccc4nc([C@@H]5C[C@]6(CCOC6)CN5C(=O)[C@@H](NC(=O)OC)C(C)C)[nH]c4c3)cc2)[nH]1)C(C)C. The number of carbonyl (C=O) groups is 4. The maximum atomic E-state index is 14.1. The Bertz CT molecular complexity index is 2330. The predicted molar refractivity (Wildman–Crippen MR) is 222 cm³/mol. The van der Waals surface area contributed by atoms with Crippen LogP contribution in [-0.4, -0.2) is 106 Å². The molecule has 8 rings (SSSR count). The van der Waals surface area contributed by atoms with E-state index >= 15 is 0 Å². The van der Waals surface area contributed by atoms with Crippen molar-refractivity contribution in [3.05, 3.63) is 71.4 Å². The van der Waals surface area contributed by atoms with E-state index in [1.807, 2.05) is 80.0 Å². The van der Waals surface area contributed by atoms with Crippen LogP contribution < -0.4 is 10.6 Å². The molecule has 4 N–H and O–H groups in total. The number of benzene rings is 2. The number of rotatable bonds is 9. The number of amides is 4. The van der Waals surface area contributed by atoms with Crippen LogP contribution in [0.15, 0.2) is 48.7 Å². The lowest BCUT2D eigenvalue weighted by Crippen LogP contribution is -2.51. The summed E-state index contributed by atoms with van der Waals surface area (Å²) in [5.74, 6) is 7.45. The van der Waals surface area contributed by atoms with Crippen molar-refractivity contribution in [3.8, 4) is 23.1 Å². The molecule has 4 aromatic rings. The smallest absolute Gasteiger partial charge is 0.407 e. The Morgan fingerprint density at radius 2 is 1.37 bits per heavy atom. The van der Waals surface area contributed by atoms with Crippen molar-refractivity contribution in [2.45, 2.75) is 84.0 Å². The zero-order chi connectivity index (χ0) is 42.3. The average Bonchev–Trinajstić information content (AvgIpc) is 3.84. The van der Waals surface area contributed by atoms with Crippen molar-refractivity contribution in [2.75, 3.05) is 40.5 Å². The molecular weight excluding hydrogens is 765 g/mol.